The van der Waals surface area contributed by atoms with Gasteiger partial charge in [-0.15, -0.1) is 12.4 Å². The highest BCUT2D eigenvalue weighted by molar-refractivity contribution is 9.10. The lowest BCUT2D eigenvalue weighted by Crippen LogP contribution is -2.47. The number of carbonyl (C=O) groups excluding carboxylic acids is 1. The number of aromatic nitrogens is 3. The number of hydrogen-bond donors (Lipinski definition) is 1. The Morgan fingerprint density at radius 3 is 2.29 bits per heavy atom. The summed E-state index contributed by atoms with van der Waals surface area (Å²) in [6, 6.07) is 15.5. The molecular formula is C25H25BrClN5O2. The van der Waals surface area contributed by atoms with Crippen LogP contribution in [0.5, 0.6) is 5.75 Å². The van der Waals surface area contributed by atoms with Crippen LogP contribution in [0, 0.1) is 0 Å². The quantitative estimate of drug-likeness (QED) is 0.398. The van der Waals surface area contributed by atoms with Crippen molar-refractivity contribution in [2.75, 3.05) is 40.3 Å². The van der Waals surface area contributed by atoms with Gasteiger partial charge in [-0.2, -0.15) is 0 Å². The zero-order valence-corrected chi connectivity index (χ0v) is 21.3. The number of hydrogen-bond acceptors (Lipinski definition) is 5. The number of ether oxygens (including phenoxy) is 1. The van der Waals surface area contributed by atoms with Crippen molar-refractivity contribution >= 4 is 45.4 Å². The molecule has 7 nitrogen and oxygen atoms in total. The number of halogens is 2. The van der Waals surface area contributed by atoms with Crippen LogP contribution in [0.15, 0.2) is 59.2 Å². The van der Waals surface area contributed by atoms with Crippen LogP contribution in [0.2, 0.25) is 0 Å². The summed E-state index contributed by atoms with van der Waals surface area (Å²) in [7, 11) is 3.73. The number of likely N-dealkylation sites (N-methyl/N-ethyl adjacent to an activating group) is 1. The Labute approximate surface area is 212 Å². The largest absolute Gasteiger partial charge is 0.497 e. The van der Waals surface area contributed by atoms with Gasteiger partial charge in [0.15, 0.2) is 5.65 Å². The number of aromatic amines is 1. The molecular weight excluding hydrogens is 518 g/mol. The number of fused-ring (bicyclic) bond motifs is 1. The topological polar surface area (TPSA) is 74.4 Å². The Morgan fingerprint density at radius 2 is 1.65 bits per heavy atom. The van der Waals surface area contributed by atoms with Crippen LogP contribution in [0.25, 0.3) is 33.7 Å². The number of methoxy groups -OCH3 is 1. The fraction of sp³-hybridized carbons (Fsp3) is 0.240. The molecule has 9 heteroatoms. The second-order valence-corrected chi connectivity index (χ2v) is 9.02. The van der Waals surface area contributed by atoms with E-state index < -0.39 is 0 Å². The third kappa shape index (κ3) is 4.66. The molecule has 3 heterocycles. The van der Waals surface area contributed by atoms with Crippen molar-refractivity contribution in [2.45, 2.75) is 0 Å². The molecule has 1 aliphatic heterocycles. The van der Waals surface area contributed by atoms with E-state index in [1.54, 1.807) is 13.3 Å². The summed E-state index contributed by atoms with van der Waals surface area (Å²) in [4.78, 5) is 29.6. The van der Waals surface area contributed by atoms with Crippen LogP contribution in [0.1, 0.15) is 10.4 Å². The summed E-state index contributed by atoms with van der Waals surface area (Å²) in [6.45, 7) is 3.33. The fourth-order valence-electron chi connectivity index (χ4n) is 4.07. The maximum Gasteiger partial charge on any atom is 0.253 e. The van der Waals surface area contributed by atoms with Gasteiger partial charge in [0.05, 0.1) is 12.6 Å². The first-order chi connectivity index (χ1) is 16.0. The molecule has 0 radical (unpaired) electrons. The van der Waals surface area contributed by atoms with Crippen LogP contribution in [-0.4, -0.2) is 71.0 Å². The van der Waals surface area contributed by atoms with Crippen LogP contribution >= 0.6 is 28.3 Å². The van der Waals surface area contributed by atoms with Gasteiger partial charge in [0.25, 0.3) is 5.91 Å². The van der Waals surface area contributed by atoms with Crippen molar-refractivity contribution < 1.29 is 9.53 Å². The van der Waals surface area contributed by atoms with Crippen molar-refractivity contribution in [2.24, 2.45) is 0 Å². The number of pyridine rings is 1. The van der Waals surface area contributed by atoms with Crippen molar-refractivity contribution in [1.82, 2.24) is 24.8 Å². The predicted octanol–water partition coefficient (Wildman–Crippen LogP) is 4.87. The van der Waals surface area contributed by atoms with E-state index in [1.165, 1.54) is 0 Å². The van der Waals surface area contributed by atoms with Crippen LogP contribution in [0.3, 0.4) is 0 Å². The van der Waals surface area contributed by atoms with E-state index in [9.17, 15) is 4.79 Å². The second kappa shape index (κ2) is 10.1. The SMILES string of the molecule is COc1ccc(-c2c(Br)cnc3nc(-c4ccc(C(=O)N5CCN(C)CC5)cc4)[nH]c23)cc1.Cl. The third-order valence-corrected chi connectivity index (χ3v) is 6.65. The summed E-state index contributed by atoms with van der Waals surface area (Å²) in [6.07, 6.45) is 1.77. The standard InChI is InChI=1S/C25H24BrN5O2.ClH/c1-30-11-13-31(14-12-30)25(32)18-5-3-17(4-6-18)23-28-22-21(20(26)15-27-24(22)29-23)16-7-9-19(33-2)10-8-16;/h3-10,15H,11-14H2,1-2H3,(H,27,28,29);1H. The van der Waals surface area contributed by atoms with Gasteiger partial charge in [0.2, 0.25) is 0 Å². The highest BCUT2D eigenvalue weighted by Crippen LogP contribution is 2.35. The number of nitrogens with zero attached hydrogens (tertiary/aromatic N) is 4. The van der Waals surface area contributed by atoms with Gasteiger partial charge >= 0.3 is 0 Å². The molecule has 34 heavy (non-hydrogen) atoms. The fourth-order valence-corrected chi connectivity index (χ4v) is 4.60. The Balaban J connectivity index is 0.00000274. The molecule has 2 aromatic heterocycles. The molecule has 0 spiro atoms. The van der Waals surface area contributed by atoms with Crippen LogP contribution in [0.4, 0.5) is 0 Å². The van der Waals surface area contributed by atoms with E-state index in [2.05, 4.69) is 37.8 Å². The van der Waals surface area contributed by atoms with E-state index in [1.807, 2.05) is 53.4 Å². The summed E-state index contributed by atoms with van der Waals surface area (Å²) in [5.41, 5.74) is 5.10. The third-order valence-electron chi connectivity index (χ3n) is 6.05. The Kier molecular flexibility index (Phi) is 7.21. The number of amides is 1. The zero-order valence-electron chi connectivity index (χ0n) is 18.9. The molecule has 176 valence electrons. The van der Waals surface area contributed by atoms with Crippen molar-refractivity contribution in [3.8, 4) is 28.3 Å². The second-order valence-electron chi connectivity index (χ2n) is 8.17. The summed E-state index contributed by atoms with van der Waals surface area (Å²) < 4.78 is 6.16. The smallest absolute Gasteiger partial charge is 0.253 e. The lowest BCUT2D eigenvalue weighted by Gasteiger charge is -2.32. The average Bonchev–Trinajstić information content (AvgIpc) is 3.28. The van der Waals surface area contributed by atoms with Gasteiger partial charge in [-0.3, -0.25) is 4.79 Å². The molecule has 0 atom stereocenters. The molecule has 4 aromatic rings. The zero-order chi connectivity index (χ0) is 22.9. The van der Waals surface area contributed by atoms with E-state index in [-0.39, 0.29) is 18.3 Å². The maximum atomic E-state index is 12.8. The predicted molar refractivity (Wildman–Crippen MR) is 140 cm³/mol. The summed E-state index contributed by atoms with van der Waals surface area (Å²) in [5.74, 6) is 1.59. The summed E-state index contributed by atoms with van der Waals surface area (Å²) >= 11 is 3.64. The Morgan fingerprint density at radius 1 is 1.00 bits per heavy atom. The van der Waals surface area contributed by atoms with Crippen molar-refractivity contribution in [1.29, 1.82) is 0 Å². The summed E-state index contributed by atoms with van der Waals surface area (Å²) in [5, 5.41) is 0. The molecule has 1 N–H and O–H groups in total. The lowest BCUT2D eigenvalue weighted by molar-refractivity contribution is 0.0664. The molecule has 1 aliphatic rings. The van der Waals surface area contributed by atoms with Crippen LogP contribution < -0.4 is 4.74 Å². The van der Waals surface area contributed by atoms with Gasteiger partial charge in [-0.1, -0.05) is 24.3 Å². The molecule has 2 aromatic carbocycles. The van der Waals surface area contributed by atoms with Crippen molar-refractivity contribution in [3.63, 3.8) is 0 Å². The molecule has 1 saturated heterocycles. The van der Waals surface area contributed by atoms with Gasteiger partial charge < -0.3 is 19.5 Å². The first-order valence-electron chi connectivity index (χ1n) is 10.8. The first kappa shape index (κ1) is 24.2. The Hall–Kier alpha value is -2.94. The number of imidazole rings is 1. The average molecular weight is 543 g/mol. The molecule has 0 unspecified atom stereocenters. The molecule has 0 saturated carbocycles. The number of piperazine rings is 1. The van der Waals surface area contributed by atoms with Crippen LogP contribution in [-0.2, 0) is 0 Å². The number of benzene rings is 2. The molecule has 1 amide bonds. The lowest BCUT2D eigenvalue weighted by atomic mass is 10.1. The molecule has 0 aliphatic carbocycles. The molecule has 5 rings (SSSR count). The highest BCUT2D eigenvalue weighted by atomic mass is 79.9. The molecule has 1 fully saturated rings. The Bertz CT molecular complexity index is 1300. The van der Waals surface area contributed by atoms with E-state index >= 15 is 0 Å². The van der Waals surface area contributed by atoms with Gasteiger partial charge in [-0.25, -0.2) is 9.97 Å². The number of carbonyl (C=O) groups is 1. The minimum absolute atomic E-state index is 0. The van der Waals surface area contributed by atoms with E-state index in [4.69, 9.17) is 9.72 Å². The van der Waals surface area contributed by atoms with E-state index in [0.717, 1.165) is 58.6 Å². The monoisotopic (exact) mass is 541 g/mol. The number of nitrogens with one attached hydrogen (secondary N) is 1. The molecule has 0 bridgehead atoms. The maximum absolute atomic E-state index is 12.8. The first-order valence-corrected chi connectivity index (χ1v) is 11.6. The highest BCUT2D eigenvalue weighted by Gasteiger charge is 2.21. The normalized spacial score (nSPS) is 14.1. The van der Waals surface area contributed by atoms with Gasteiger partial charge in [-0.05, 0) is 52.8 Å². The van der Waals surface area contributed by atoms with Gasteiger partial charge in [0, 0.05) is 53.5 Å². The minimum Gasteiger partial charge on any atom is -0.497 e. The van der Waals surface area contributed by atoms with Crippen molar-refractivity contribution in [3.05, 3.63) is 64.8 Å². The van der Waals surface area contributed by atoms with E-state index in [0.29, 0.717) is 17.0 Å². The minimum atomic E-state index is 0. The number of H-pyrrole nitrogens is 1. The number of rotatable bonds is 4. The van der Waals surface area contributed by atoms with Gasteiger partial charge in [0.1, 0.15) is 11.6 Å².